The largest absolute Gasteiger partial charge is 0.255 e. The average Bonchev–Trinajstić information content (AvgIpc) is 3.09. The zero-order valence-electron chi connectivity index (χ0n) is 15.0. The molecule has 3 aromatic carbocycles. The maximum atomic E-state index is 14.1. The van der Waals surface area contributed by atoms with Crippen molar-refractivity contribution in [2.24, 2.45) is 0 Å². The van der Waals surface area contributed by atoms with Gasteiger partial charge >= 0.3 is 0 Å². The van der Waals surface area contributed by atoms with Crippen molar-refractivity contribution < 1.29 is 4.39 Å². The number of aryl methyl sites for hydroxylation is 1. The lowest BCUT2D eigenvalue weighted by atomic mass is 10.1. The molecule has 0 aliphatic carbocycles. The Hall–Kier alpha value is -3.05. The molecule has 0 unspecified atom stereocenters. The van der Waals surface area contributed by atoms with Crippen LogP contribution in [0.5, 0.6) is 0 Å². The van der Waals surface area contributed by atoms with E-state index in [0.717, 1.165) is 43.2 Å². The van der Waals surface area contributed by atoms with Gasteiger partial charge in [0.1, 0.15) is 11.5 Å². The molecule has 0 bridgehead atoms. The van der Waals surface area contributed by atoms with Gasteiger partial charge in [-0.3, -0.25) is 4.98 Å². The van der Waals surface area contributed by atoms with Crippen molar-refractivity contribution in [3.05, 3.63) is 88.8 Å². The number of aromatic nitrogens is 3. The molecule has 2 heterocycles. The molecule has 0 aliphatic rings. The summed E-state index contributed by atoms with van der Waals surface area (Å²) >= 11 is 3.48. The molecule has 0 spiro atoms. The van der Waals surface area contributed by atoms with Crippen LogP contribution < -0.4 is 0 Å². The second-order valence-corrected chi connectivity index (χ2v) is 7.70. The molecule has 0 saturated heterocycles. The summed E-state index contributed by atoms with van der Waals surface area (Å²) in [5.74, 6) is -0.288. The molecule has 2 aromatic heterocycles. The van der Waals surface area contributed by atoms with E-state index in [4.69, 9.17) is 5.10 Å². The third-order valence-corrected chi connectivity index (χ3v) is 5.39. The normalized spacial score (nSPS) is 11.4. The van der Waals surface area contributed by atoms with Crippen LogP contribution in [-0.4, -0.2) is 14.8 Å². The number of benzene rings is 3. The lowest BCUT2D eigenvalue weighted by molar-refractivity contribution is 0.629. The average molecular weight is 432 g/mol. The van der Waals surface area contributed by atoms with Crippen molar-refractivity contribution in [1.82, 2.24) is 14.8 Å². The SMILES string of the molecule is Cc1ccc(-n2nc(-c3ccc(Br)cc3)c3cnc4ccc(F)cc4c32)cc1. The number of nitrogens with zero attached hydrogens (tertiary/aromatic N) is 3. The standard InChI is InChI=1S/C23H15BrFN3/c1-14-2-9-18(10-3-14)28-23-19-12-17(25)8-11-21(19)26-13-20(23)22(27-28)15-4-6-16(24)7-5-15/h2-13H,1H3. The van der Waals surface area contributed by atoms with Gasteiger partial charge in [-0.1, -0.05) is 45.8 Å². The number of halogens is 2. The first-order valence-electron chi connectivity index (χ1n) is 8.90. The van der Waals surface area contributed by atoms with Crippen LogP contribution in [0.2, 0.25) is 0 Å². The molecule has 28 heavy (non-hydrogen) atoms. The van der Waals surface area contributed by atoms with Crippen molar-refractivity contribution in [3.8, 4) is 16.9 Å². The predicted octanol–water partition coefficient (Wildman–Crippen LogP) is 6.45. The van der Waals surface area contributed by atoms with Gasteiger partial charge in [0.05, 0.1) is 16.7 Å². The highest BCUT2D eigenvalue weighted by atomic mass is 79.9. The lowest BCUT2D eigenvalue weighted by Gasteiger charge is -2.06. The summed E-state index contributed by atoms with van der Waals surface area (Å²) in [7, 11) is 0. The van der Waals surface area contributed by atoms with Crippen LogP contribution in [0.3, 0.4) is 0 Å². The van der Waals surface area contributed by atoms with Crippen LogP contribution in [0, 0.1) is 12.7 Å². The van der Waals surface area contributed by atoms with Gasteiger partial charge < -0.3 is 0 Å². The van der Waals surface area contributed by atoms with Gasteiger partial charge in [-0.2, -0.15) is 5.10 Å². The Balaban J connectivity index is 1.90. The summed E-state index contributed by atoms with van der Waals surface area (Å²) in [6.07, 6.45) is 1.82. The monoisotopic (exact) mass is 431 g/mol. The van der Waals surface area contributed by atoms with E-state index in [-0.39, 0.29) is 5.82 Å². The van der Waals surface area contributed by atoms with Crippen LogP contribution in [0.4, 0.5) is 4.39 Å². The van der Waals surface area contributed by atoms with Gasteiger partial charge in [-0.15, -0.1) is 0 Å². The predicted molar refractivity (Wildman–Crippen MR) is 114 cm³/mol. The fourth-order valence-corrected chi connectivity index (χ4v) is 3.71. The number of hydrogen-bond acceptors (Lipinski definition) is 2. The second-order valence-electron chi connectivity index (χ2n) is 6.78. The summed E-state index contributed by atoms with van der Waals surface area (Å²) in [5, 5.41) is 6.54. The molecule has 0 N–H and O–H groups in total. The van der Waals surface area contributed by atoms with Crippen molar-refractivity contribution in [3.63, 3.8) is 0 Å². The maximum absolute atomic E-state index is 14.1. The Morgan fingerprint density at radius 1 is 0.893 bits per heavy atom. The number of rotatable bonds is 2. The lowest BCUT2D eigenvalue weighted by Crippen LogP contribution is -1.97. The summed E-state index contributed by atoms with van der Waals surface area (Å²) in [5.41, 5.74) is 5.50. The molecule has 0 atom stereocenters. The van der Waals surface area contributed by atoms with Gasteiger partial charge in [0.2, 0.25) is 0 Å². The molecule has 0 radical (unpaired) electrons. The molecule has 5 aromatic rings. The van der Waals surface area contributed by atoms with Gasteiger partial charge in [0, 0.05) is 27.0 Å². The van der Waals surface area contributed by atoms with Crippen molar-refractivity contribution >= 4 is 37.7 Å². The molecule has 0 aliphatic heterocycles. The van der Waals surface area contributed by atoms with Gasteiger partial charge in [0.15, 0.2) is 0 Å². The molecule has 5 rings (SSSR count). The van der Waals surface area contributed by atoms with Gasteiger partial charge in [0.25, 0.3) is 0 Å². The number of fused-ring (bicyclic) bond motifs is 3. The molecule has 5 heteroatoms. The van der Waals surface area contributed by atoms with E-state index >= 15 is 0 Å². The summed E-state index contributed by atoms with van der Waals surface area (Å²) in [4.78, 5) is 4.55. The maximum Gasteiger partial charge on any atom is 0.124 e. The van der Waals surface area contributed by atoms with E-state index in [1.807, 2.05) is 66.3 Å². The van der Waals surface area contributed by atoms with E-state index < -0.39 is 0 Å². The first-order valence-corrected chi connectivity index (χ1v) is 9.69. The van der Waals surface area contributed by atoms with E-state index in [2.05, 4.69) is 20.9 Å². The highest BCUT2D eigenvalue weighted by Gasteiger charge is 2.17. The first-order chi connectivity index (χ1) is 13.6. The van der Waals surface area contributed by atoms with E-state index in [1.54, 1.807) is 6.07 Å². The number of hydrogen-bond donors (Lipinski definition) is 0. The highest BCUT2D eigenvalue weighted by molar-refractivity contribution is 9.10. The van der Waals surface area contributed by atoms with E-state index in [1.165, 1.54) is 17.7 Å². The Morgan fingerprint density at radius 3 is 2.39 bits per heavy atom. The molecule has 0 saturated carbocycles. The van der Waals surface area contributed by atoms with Crippen LogP contribution in [0.1, 0.15) is 5.56 Å². The van der Waals surface area contributed by atoms with Gasteiger partial charge in [-0.25, -0.2) is 9.07 Å². The van der Waals surface area contributed by atoms with Crippen molar-refractivity contribution in [2.75, 3.05) is 0 Å². The van der Waals surface area contributed by atoms with E-state index in [0.29, 0.717) is 0 Å². The molecular formula is C23H15BrFN3. The van der Waals surface area contributed by atoms with Crippen molar-refractivity contribution in [2.45, 2.75) is 6.92 Å². The highest BCUT2D eigenvalue weighted by Crippen LogP contribution is 2.34. The third-order valence-electron chi connectivity index (χ3n) is 4.86. The summed E-state index contributed by atoms with van der Waals surface area (Å²) < 4.78 is 17.0. The Labute approximate surface area is 169 Å². The summed E-state index contributed by atoms with van der Waals surface area (Å²) in [6, 6.07) is 20.8. The zero-order valence-corrected chi connectivity index (χ0v) is 16.6. The van der Waals surface area contributed by atoms with Gasteiger partial charge in [-0.05, 0) is 49.4 Å². The molecule has 136 valence electrons. The minimum absolute atomic E-state index is 0.288. The quantitative estimate of drug-likeness (QED) is 0.321. The minimum Gasteiger partial charge on any atom is -0.255 e. The number of pyridine rings is 1. The van der Waals surface area contributed by atoms with Crippen molar-refractivity contribution in [1.29, 1.82) is 0 Å². The Bertz CT molecular complexity index is 1320. The Morgan fingerprint density at radius 2 is 1.64 bits per heavy atom. The fraction of sp³-hybridized carbons (Fsp3) is 0.0435. The molecule has 0 fully saturated rings. The van der Waals surface area contributed by atoms with Crippen LogP contribution >= 0.6 is 15.9 Å². The Kier molecular flexibility index (Phi) is 3.98. The van der Waals surface area contributed by atoms with Crippen LogP contribution in [0.25, 0.3) is 38.8 Å². The summed E-state index contributed by atoms with van der Waals surface area (Å²) in [6.45, 7) is 2.05. The molecular weight excluding hydrogens is 417 g/mol. The van der Waals surface area contributed by atoms with Crippen LogP contribution in [-0.2, 0) is 0 Å². The third kappa shape index (κ3) is 2.79. The molecule has 3 nitrogen and oxygen atoms in total. The van der Waals surface area contributed by atoms with Crippen LogP contribution in [0.15, 0.2) is 77.4 Å². The second kappa shape index (κ2) is 6.53. The first kappa shape index (κ1) is 17.1. The topological polar surface area (TPSA) is 30.7 Å². The smallest absolute Gasteiger partial charge is 0.124 e. The molecule has 0 amide bonds. The van der Waals surface area contributed by atoms with E-state index in [9.17, 15) is 4.39 Å². The minimum atomic E-state index is -0.288. The fourth-order valence-electron chi connectivity index (χ4n) is 3.45. The zero-order chi connectivity index (χ0) is 19.3.